The van der Waals surface area contributed by atoms with Gasteiger partial charge in [0.1, 0.15) is 0 Å². The van der Waals surface area contributed by atoms with Crippen molar-refractivity contribution < 1.29 is 0 Å². The van der Waals surface area contributed by atoms with Crippen LogP contribution in [-0.4, -0.2) is 0 Å². The molecule has 1 aliphatic rings. The Morgan fingerprint density at radius 3 is 1.25 bits per heavy atom. The lowest BCUT2D eigenvalue weighted by molar-refractivity contribution is 0.768. The molecular weight excluding hydrogens is 723 g/mol. The molecular formula is C59H41N. The Labute approximate surface area is 352 Å². The third-order valence-corrected chi connectivity index (χ3v) is 12.4. The van der Waals surface area contributed by atoms with Crippen molar-refractivity contribution in [3.8, 4) is 44.5 Å². The molecule has 0 fully saturated rings. The fraction of sp³-hybridized carbons (Fsp3) is 0.0169. The summed E-state index contributed by atoms with van der Waals surface area (Å²) in [6, 6.07) is 90.9. The zero-order chi connectivity index (χ0) is 39.9. The average Bonchev–Trinajstić information content (AvgIpc) is 3.64. The highest BCUT2D eigenvalue weighted by atomic mass is 15.1. The van der Waals surface area contributed by atoms with Crippen LogP contribution >= 0.6 is 0 Å². The van der Waals surface area contributed by atoms with Crippen molar-refractivity contribution in [2.24, 2.45) is 0 Å². The van der Waals surface area contributed by atoms with E-state index in [1.165, 1.54) is 77.5 Å². The van der Waals surface area contributed by atoms with E-state index >= 15 is 0 Å². The van der Waals surface area contributed by atoms with Gasteiger partial charge < -0.3 is 4.90 Å². The van der Waals surface area contributed by atoms with E-state index in [2.05, 4.69) is 254 Å². The van der Waals surface area contributed by atoms with Gasteiger partial charge in [-0.3, -0.25) is 0 Å². The quantitative estimate of drug-likeness (QED) is 0.149. The molecule has 11 rings (SSSR count). The fourth-order valence-corrected chi connectivity index (χ4v) is 9.73. The Bertz CT molecular complexity index is 3060. The van der Waals surface area contributed by atoms with Gasteiger partial charge in [-0.25, -0.2) is 0 Å². The van der Waals surface area contributed by atoms with Crippen molar-refractivity contribution in [1.82, 2.24) is 0 Å². The summed E-state index contributed by atoms with van der Waals surface area (Å²) in [6.45, 7) is 0. The molecule has 0 N–H and O–H groups in total. The Kier molecular flexibility index (Phi) is 8.79. The van der Waals surface area contributed by atoms with Crippen LogP contribution in [0, 0.1) is 0 Å². The van der Waals surface area contributed by atoms with E-state index in [1.54, 1.807) is 0 Å². The van der Waals surface area contributed by atoms with Crippen LogP contribution in [0.5, 0.6) is 0 Å². The monoisotopic (exact) mass is 763 g/mol. The predicted octanol–water partition coefficient (Wildman–Crippen LogP) is 15.7. The summed E-state index contributed by atoms with van der Waals surface area (Å²) in [5.74, 6) is 0. The summed E-state index contributed by atoms with van der Waals surface area (Å²) in [5, 5.41) is 2.50. The molecule has 10 aromatic rings. The SMILES string of the molecule is c1ccc(-c2ccc(N(c3ccc(-c4ccc(-c5ccccc5)c5ccccc45)cc3)c3cccc4c3-c3ccccc3C4(c3ccccc3)c3ccccc3)cc2)cc1. The summed E-state index contributed by atoms with van der Waals surface area (Å²) in [5.41, 5.74) is 17.7. The van der Waals surface area contributed by atoms with Crippen LogP contribution in [0.25, 0.3) is 55.3 Å². The van der Waals surface area contributed by atoms with Crippen LogP contribution in [0.3, 0.4) is 0 Å². The van der Waals surface area contributed by atoms with Gasteiger partial charge in [0, 0.05) is 16.9 Å². The third kappa shape index (κ3) is 5.78. The second kappa shape index (κ2) is 14.9. The van der Waals surface area contributed by atoms with Crippen molar-refractivity contribution in [2.45, 2.75) is 5.41 Å². The van der Waals surface area contributed by atoms with Gasteiger partial charge >= 0.3 is 0 Å². The Morgan fingerprint density at radius 2 is 0.683 bits per heavy atom. The normalized spacial score (nSPS) is 12.5. The topological polar surface area (TPSA) is 3.24 Å². The molecule has 60 heavy (non-hydrogen) atoms. The minimum absolute atomic E-state index is 0.496. The number of hydrogen-bond acceptors (Lipinski definition) is 1. The number of fused-ring (bicyclic) bond motifs is 4. The Morgan fingerprint density at radius 1 is 0.267 bits per heavy atom. The van der Waals surface area contributed by atoms with E-state index in [4.69, 9.17) is 0 Å². The Balaban J connectivity index is 1.11. The van der Waals surface area contributed by atoms with E-state index in [-0.39, 0.29) is 0 Å². The minimum atomic E-state index is -0.496. The van der Waals surface area contributed by atoms with Gasteiger partial charge in [0.15, 0.2) is 0 Å². The van der Waals surface area contributed by atoms with E-state index in [0.717, 1.165) is 17.1 Å². The maximum atomic E-state index is 2.46. The first-order valence-corrected chi connectivity index (χ1v) is 20.8. The third-order valence-electron chi connectivity index (χ3n) is 12.4. The molecule has 1 nitrogen and oxygen atoms in total. The van der Waals surface area contributed by atoms with Gasteiger partial charge in [-0.05, 0) is 102 Å². The molecule has 0 aromatic heterocycles. The minimum Gasteiger partial charge on any atom is -0.310 e. The summed E-state index contributed by atoms with van der Waals surface area (Å²) < 4.78 is 0. The average molecular weight is 764 g/mol. The summed E-state index contributed by atoms with van der Waals surface area (Å²) in [6.07, 6.45) is 0. The number of rotatable bonds is 8. The van der Waals surface area contributed by atoms with Crippen molar-refractivity contribution in [2.75, 3.05) is 4.90 Å². The molecule has 0 unspecified atom stereocenters. The van der Waals surface area contributed by atoms with Gasteiger partial charge in [0.05, 0.1) is 11.1 Å². The van der Waals surface area contributed by atoms with Crippen molar-refractivity contribution in [1.29, 1.82) is 0 Å². The summed E-state index contributed by atoms with van der Waals surface area (Å²) >= 11 is 0. The zero-order valence-electron chi connectivity index (χ0n) is 33.1. The van der Waals surface area contributed by atoms with E-state index < -0.39 is 5.41 Å². The molecule has 0 heterocycles. The molecule has 0 atom stereocenters. The second-order valence-electron chi connectivity index (χ2n) is 15.6. The molecule has 282 valence electrons. The number of hydrogen-bond donors (Lipinski definition) is 0. The van der Waals surface area contributed by atoms with Gasteiger partial charge in [-0.2, -0.15) is 0 Å². The molecule has 0 spiro atoms. The number of benzene rings is 10. The van der Waals surface area contributed by atoms with Gasteiger partial charge in [-0.15, -0.1) is 0 Å². The second-order valence-corrected chi connectivity index (χ2v) is 15.6. The predicted molar refractivity (Wildman–Crippen MR) is 252 cm³/mol. The highest BCUT2D eigenvalue weighted by Crippen LogP contribution is 2.59. The Hall–Kier alpha value is -7.74. The highest BCUT2D eigenvalue weighted by molar-refractivity contribution is 6.05. The van der Waals surface area contributed by atoms with Gasteiger partial charge in [0.25, 0.3) is 0 Å². The van der Waals surface area contributed by atoms with Crippen LogP contribution in [-0.2, 0) is 5.41 Å². The molecule has 0 aliphatic heterocycles. The molecule has 0 amide bonds. The number of anilines is 3. The van der Waals surface area contributed by atoms with Crippen LogP contribution in [0.2, 0.25) is 0 Å². The van der Waals surface area contributed by atoms with Crippen LogP contribution in [0.1, 0.15) is 22.3 Å². The number of nitrogens with zero attached hydrogens (tertiary/aromatic N) is 1. The highest BCUT2D eigenvalue weighted by Gasteiger charge is 2.47. The molecule has 0 saturated carbocycles. The van der Waals surface area contributed by atoms with Crippen molar-refractivity contribution in [3.63, 3.8) is 0 Å². The maximum Gasteiger partial charge on any atom is 0.0714 e. The summed E-state index contributed by atoms with van der Waals surface area (Å²) in [7, 11) is 0. The van der Waals surface area contributed by atoms with Crippen LogP contribution < -0.4 is 4.90 Å². The maximum absolute atomic E-state index is 2.46. The summed E-state index contributed by atoms with van der Waals surface area (Å²) in [4.78, 5) is 2.46. The molecule has 1 aliphatic carbocycles. The van der Waals surface area contributed by atoms with Crippen LogP contribution in [0.4, 0.5) is 17.1 Å². The first-order valence-electron chi connectivity index (χ1n) is 20.8. The van der Waals surface area contributed by atoms with E-state index in [1.807, 2.05) is 0 Å². The first-order chi connectivity index (χ1) is 29.8. The molecule has 1 heteroatoms. The molecule has 0 bridgehead atoms. The molecule has 0 saturated heterocycles. The standard InChI is InChI=1S/C59H41N/c1-5-18-42(19-6-1)43-32-36-48(37-33-43)60(49-38-34-45(35-39-49)51-41-40-50(44-20-7-2-8-21-44)52-26-13-14-27-53(51)52)57-31-17-30-56-58(57)54-28-15-16-29-55(54)59(56,46-22-9-3-10-23-46)47-24-11-4-12-25-47/h1-41H. The molecule has 10 aromatic carbocycles. The molecule has 0 radical (unpaired) electrons. The van der Waals surface area contributed by atoms with Gasteiger partial charge in [0.2, 0.25) is 0 Å². The lowest BCUT2D eigenvalue weighted by atomic mass is 9.68. The van der Waals surface area contributed by atoms with Crippen LogP contribution in [0.15, 0.2) is 249 Å². The first kappa shape index (κ1) is 35.4. The van der Waals surface area contributed by atoms with E-state index in [9.17, 15) is 0 Å². The smallest absolute Gasteiger partial charge is 0.0714 e. The van der Waals surface area contributed by atoms with Gasteiger partial charge in [-0.1, -0.05) is 218 Å². The zero-order valence-corrected chi connectivity index (χ0v) is 33.1. The lowest BCUT2D eigenvalue weighted by Gasteiger charge is -2.34. The fourth-order valence-electron chi connectivity index (χ4n) is 9.73. The van der Waals surface area contributed by atoms with E-state index in [0.29, 0.717) is 0 Å². The van der Waals surface area contributed by atoms with Crippen molar-refractivity contribution >= 4 is 27.8 Å². The van der Waals surface area contributed by atoms with Crippen molar-refractivity contribution in [3.05, 3.63) is 271 Å². The largest absolute Gasteiger partial charge is 0.310 e. The lowest BCUT2D eigenvalue weighted by Crippen LogP contribution is -2.28.